The van der Waals surface area contributed by atoms with E-state index < -0.39 is 35.2 Å². The molecule has 2 aromatic carbocycles. The third kappa shape index (κ3) is 3.62. The van der Waals surface area contributed by atoms with Crippen LogP contribution in [0.5, 0.6) is 5.75 Å². The average Bonchev–Trinajstić information content (AvgIpc) is 2.78. The summed E-state index contributed by atoms with van der Waals surface area (Å²) in [5.74, 6) is -1.78. The first kappa shape index (κ1) is 19.2. The summed E-state index contributed by atoms with van der Waals surface area (Å²) in [4.78, 5) is 49.7. The van der Waals surface area contributed by atoms with E-state index in [1.54, 1.807) is 32.0 Å². The zero-order valence-electron chi connectivity index (χ0n) is 15.3. The molecule has 8 heteroatoms. The van der Waals surface area contributed by atoms with Crippen LogP contribution in [0.4, 0.5) is 5.69 Å². The monoisotopic (exact) mass is 382 g/mol. The van der Waals surface area contributed by atoms with Crippen LogP contribution in [0.15, 0.2) is 48.5 Å². The molecule has 1 aliphatic rings. The number of para-hydroxylation sites is 1. The number of rotatable bonds is 5. The molecule has 0 spiro atoms. The molecule has 0 aliphatic carbocycles. The molecule has 144 valence electrons. The zero-order chi connectivity index (χ0) is 20.4. The van der Waals surface area contributed by atoms with Gasteiger partial charge in [-0.15, -0.1) is 0 Å². The molecule has 1 aliphatic heterocycles. The molecular formula is C20H18N2O6. The number of amides is 2. The van der Waals surface area contributed by atoms with Gasteiger partial charge in [0.2, 0.25) is 0 Å². The molecule has 3 rings (SSSR count). The van der Waals surface area contributed by atoms with Crippen LogP contribution in [0.25, 0.3) is 0 Å². The van der Waals surface area contributed by atoms with Crippen molar-refractivity contribution in [2.45, 2.75) is 20.0 Å². The number of imide groups is 1. The SMILES string of the molecule is CC(C)C1Oc2ccccc2C(=O)N(CC(=O)c2cccc([N+](=O)[O-])c2)C1=O. The van der Waals surface area contributed by atoms with Crippen molar-refractivity contribution in [2.75, 3.05) is 6.54 Å². The van der Waals surface area contributed by atoms with Gasteiger partial charge in [-0.3, -0.25) is 29.4 Å². The minimum Gasteiger partial charge on any atom is -0.479 e. The molecule has 2 aromatic rings. The van der Waals surface area contributed by atoms with Crippen LogP contribution in [-0.4, -0.2) is 40.1 Å². The van der Waals surface area contributed by atoms with Gasteiger partial charge in [0, 0.05) is 17.7 Å². The topological polar surface area (TPSA) is 107 Å². The molecule has 1 unspecified atom stereocenters. The summed E-state index contributed by atoms with van der Waals surface area (Å²) in [7, 11) is 0. The molecule has 0 bridgehead atoms. The molecule has 0 saturated heterocycles. The van der Waals surface area contributed by atoms with Crippen molar-refractivity contribution in [1.82, 2.24) is 4.90 Å². The van der Waals surface area contributed by atoms with Gasteiger partial charge in [-0.2, -0.15) is 0 Å². The van der Waals surface area contributed by atoms with E-state index in [4.69, 9.17) is 4.74 Å². The highest BCUT2D eigenvalue weighted by atomic mass is 16.6. The second-order valence-corrected chi connectivity index (χ2v) is 6.74. The van der Waals surface area contributed by atoms with E-state index in [1.807, 2.05) is 0 Å². The molecule has 8 nitrogen and oxygen atoms in total. The van der Waals surface area contributed by atoms with Crippen LogP contribution in [0, 0.1) is 16.0 Å². The summed E-state index contributed by atoms with van der Waals surface area (Å²) in [5.41, 5.74) is -0.00621. The van der Waals surface area contributed by atoms with E-state index in [0.29, 0.717) is 0 Å². The number of nitro groups is 1. The number of ketones is 1. The van der Waals surface area contributed by atoms with E-state index in [1.165, 1.54) is 24.3 Å². The lowest BCUT2D eigenvalue weighted by Gasteiger charge is -2.24. The van der Waals surface area contributed by atoms with Gasteiger partial charge in [0.05, 0.1) is 17.0 Å². The third-order valence-corrected chi connectivity index (χ3v) is 4.41. The van der Waals surface area contributed by atoms with Crippen LogP contribution in [0.2, 0.25) is 0 Å². The zero-order valence-corrected chi connectivity index (χ0v) is 15.3. The van der Waals surface area contributed by atoms with Crippen molar-refractivity contribution < 1.29 is 24.0 Å². The number of non-ortho nitro benzene ring substituents is 1. The van der Waals surface area contributed by atoms with Crippen molar-refractivity contribution in [1.29, 1.82) is 0 Å². The Balaban J connectivity index is 1.96. The molecule has 0 radical (unpaired) electrons. The number of fused-ring (bicyclic) bond motifs is 1. The third-order valence-electron chi connectivity index (χ3n) is 4.41. The minimum absolute atomic E-state index is 0.0503. The Morgan fingerprint density at radius 1 is 1.18 bits per heavy atom. The second kappa shape index (κ2) is 7.59. The number of nitrogens with zero attached hydrogens (tertiary/aromatic N) is 2. The summed E-state index contributed by atoms with van der Waals surface area (Å²) >= 11 is 0. The first-order chi connectivity index (χ1) is 13.3. The number of benzene rings is 2. The Hall–Kier alpha value is -3.55. The van der Waals surface area contributed by atoms with Gasteiger partial charge in [0.15, 0.2) is 11.9 Å². The van der Waals surface area contributed by atoms with E-state index in [-0.39, 0.29) is 28.5 Å². The molecule has 28 heavy (non-hydrogen) atoms. The number of carbonyl (C=O) groups excluding carboxylic acids is 3. The summed E-state index contributed by atoms with van der Waals surface area (Å²) in [5, 5.41) is 10.9. The lowest BCUT2D eigenvalue weighted by Crippen LogP contribution is -2.47. The Morgan fingerprint density at radius 3 is 2.57 bits per heavy atom. The van der Waals surface area contributed by atoms with Gasteiger partial charge < -0.3 is 4.74 Å². The maximum Gasteiger partial charge on any atom is 0.271 e. The van der Waals surface area contributed by atoms with Crippen molar-refractivity contribution >= 4 is 23.3 Å². The van der Waals surface area contributed by atoms with Gasteiger partial charge in [-0.05, 0) is 18.1 Å². The maximum atomic E-state index is 12.9. The number of nitro benzene ring substituents is 1. The van der Waals surface area contributed by atoms with E-state index in [0.717, 1.165) is 11.0 Å². The fourth-order valence-electron chi connectivity index (χ4n) is 2.93. The molecule has 2 amide bonds. The van der Waals surface area contributed by atoms with Crippen LogP contribution >= 0.6 is 0 Å². The van der Waals surface area contributed by atoms with Crippen LogP contribution in [0.1, 0.15) is 34.6 Å². The molecule has 0 fully saturated rings. The molecule has 0 aromatic heterocycles. The first-order valence-electron chi connectivity index (χ1n) is 8.68. The Bertz CT molecular complexity index is 969. The number of Topliss-reactive ketones (excluding diaryl/α,β-unsaturated/α-hetero) is 1. The second-order valence-electron chi connectivity index (χ2n) is 6.74. The number of ether oxygens (including phenoxy) is 1. The highest BCUT2D eigenvalue weighted by molar-refractivity contribution is 6.12. The average molecular weight is 382 g/mol. The van der Waals surface area contributed by atoms with Gasteiger partial charge in [0.1, 0.15) is 5.75 Å². The number of hydrogen-bond donors (Lipinski definition) is 0. The fourth-order valence-corrected chi connectivity index (χ4v) is 2.93. The van der Waals surface area contributed by atoms with E-state index in [2.05, 4.69) is 0 Å². The van der Waals surface area contributed by atoms with Gasteiger partial charge in [-0.1, -0.05) is 38.1 Å². The quantitative estimate of drug-likeness (QED) is 0.341. The normalized spacial score (nSPS) is 16.4. The van der Waals surface area contributed by atoms with Gasteiger partial charge >= 0.3 is 0 Å². The van der Waals surface area contributed by atoms with E-state index in [9.17, 15) is 24.5 Å². The number of carbonyl (C=O) groups is 3. The first-order valence-corrected chi connectivity index (χ1v) is 8.68. The van der Waals surface area contributed by atoms with Crippen LogP contribution in [0.3, 0.4) is 0 Å². The standard InChI is InChI=1S/C20H18N2O6/c1-12(2)18-20(25)21(19(24)15-8-3-4-9-17(15)28-18)11-16(23)13-6-5-7-14(10-13)22(26)27/h3-10,12,18H,11H2,1-2H3. The lowest BCUT2D eigenvalue weighted by molar-refractivity contribution is -0.384. The fraction of sp³-hybridized carbons (Fsp3) is 0.250. The van der Waals surface area contributed by atoms with Gasteiger partial charge in [0.25, 0.3) is 17.5 Å². The van der Waals surface area contributed by atoms with Crippen LogP contribution in [-0.2, 0) is 4.79 Å². The number of hydrogen-bond acceptors (Lipinski definition) is 6. The molecule has 0 N–H and O–H groups in total. The molecule has 0 saturated carbocycles. The Kier molecular flexibility index (Phi) is 5.21. The molecule has 1 atom stereocenters. The summed E-state index contributed by atoms with van der Waals surface area (Å²) in [6, 6.07) is 11.6. The summed E-state index contributed by atoms with van der Waals surface area (Å²) in [6.45, 7) is 3.03. The molecular weight excluding hydrogens is 364 g/mol. The highest BCUT2D eigenvalue weighted by Crippen LogP contribution is 2.28. The predicted molar refractivity (Wildman–Crippen MR) is 99.2 cm³/mol. The molecule has 1 heterocycles. The van der Waals surface area contributed by atoms with Crippen molar-refractivity contribution in [3.8, 4) is 5.75 Å². The van der Waals surface area contributed by atoms with E-state index >= 15 is 0 Å². The van der Waals surface area contributed by atoms with Crippen molar-refractivity contribution in [3.05, 3.63) is 69.8 Å². The van der Waals surface area contributed by atoms with Crippen LogP contribution < -0.4 is 4.74 Å². The largest absolute Gasteiger partial charge is 0.479 e. The Labute approximate surface area is 160 Å². The van der Waals surface area contributed by atoms with Crippen molar-refractivity contribution in [2.24, 2.45) is 5.92 Å². The maximum absolute atomic E-state index is 12.9. The smallest absolute Gasteiger partial charge is 0.271 e. The predicted octanol–water partition coefficient (Wildman–Crippen LogP) is 2.86. The minimum atomic E-state index is -0.925. The summed E-state index contributed by atoms with van der Waals surface area (Å²) in [6.07, 6.45) is -0.925. The summed E-state index contributed by atoms with van der Waals surface area (Å²) < 4.78 is 5.76. The van der Waals surface area contributed by atoms with Gasteiger partial charge in [-0.25, -0.2) is 0 Å². The van der Waals surface area contributed by atoms with Crippen molar-refractivity contribution in [3.63, 3.8) is 0 Å². The highest BCUT2D eigenvalue weighted by Gasteiger charge is 2.38. The lowest BCUT2D eigenvalue weighted by atomic mass is 10.0. The Morgan fingerprint density at radius 2 is 1.89 bits per heavy atom.